The fraction of sp³-hybridized carbons (Fsp3) is 0.562. The van der Waals surface area contributed by atoms with Crippen LogP contribution in [0.1, 0.15) is 31.2 Å². The van der Waals surface area contributed by atoms with Gasteiger partial charge in [-0.15, -0.1) is 0 Å². The van der Waals surface area contributed by atoms with Crippen LogP contribution in [-0.4, -0.2) is 30.9 Å². The van der Waals surface area contributed by atoms with Gasteiger partial charge in [-0.05, 0) is 56.0 Å². The van der Waals surface area contributed by atoms with Crippen LogP contribution < -0.4 is 5.32 Å². The summed E-state index contributed by atoms with van der Waals surface area (Å²) >= 11 is 0. The number of nitrogens with one attached hydrogen (secondary N) is 1. The molecule has 0 spiro atoms. The minimum Gasteiger partial charge on any atom is -0.341 e. The van der Waals surface area contributed by atoms with Crippen molar-refractivity contribution in [2.75, 3.05) is 20.1 Å². The van der Waals surface area contributed by atoms with Crippen molar-refractivity contribution in [1.82, 2.24) is 10.2 Å². The third-order valence-corrected chi connectivity index (χ3v) is 3.96. The molecule has 0 unspecified atom stereocenters. The van der Waals surface area contributed by atoms with E-state index in [4.69, 9.17) is 0 Å². The summed E-state index contributed by atoms with van der Waals surface area (Å²) in [5, 5.41) is 3.33. The molecular weight excluding hydrogens is 255 g/mol. The molecule has 1 N–H and O–H groups in total. The Morgan fingerprint density at radius 1 is 1.40 bits per heavy atom. The largest absolute Gasteiger partial charge is 0.341 e. The highest BCUT2D eigenvalue weighted by molar-refractivity contribution is 5.75. The van der Waals surface area contributed by atoms with E-state index >= 15 is 0 Å². The zero-order valence-electron chi connectivity index (χ0n) is 12.1. The molecule has 0 radical (unpaired) electrons. The standard InChI is InChI=1S/C16H23FN2O/c1-19(12-14-3-2-4-15(17)11-14)16(20)6-5-13-7-9-18-10-8-13/h2-4,11,13,18H,5-10,12H2,1H3. The third kappa shape index (κ3) is 4.60. The molecule has 3 nitrogen and oxygen atoms in total. The molecule has 0 atom stereocenters. The molecule has 0 bridgehead atoms. The maximum Gasteiger partial charge on any atom is 0.222 e. The number of halogens is 1. The number of hydrogen-bond donors (Lipinski definition) is 1. The Bertz CT molecular complexity index is 444. The van der Waals surface area contributed by atoms with Gasteiger partial charge in [0.15, 0.2) is 0 Å². The lowest BCUT2D eigenvalue weighted by Crippen LogP contribution is -2.30. The van der Waals surface area contributed by atoms with Crippen LogP contribution in [0.4, 0.5) is 4.39 Å². The predicted octanol–water partition coefficient (Wildman–Crippen LogP) is 2.56. The maximum absolute atomic E-state index is 13.1. The van der Waals surface area contributed by atoms with Crippen molar-refractivity contribution in [3.8, 4) is 0 Å². The average Bonchev–Trinajstić information content (AvgIpc) is 2.46. The van der Waals surface area contributed by atoms with E-state index in [1.54, 1.807) is 18.0 Å². The van der Waals surface area contributed by atoms with E-state index in [0.29, 0.717) is 18.9 Å². The molecule has 1 aliphatic rings. The molecule has 20 heavy (non-hydrogen) atoms. The highest BCUT2D eigenvalue weighted by Crippen LogP contribution is 2.18. The maximum atomic E-state index is 13.1. The van der Waals surface area contributed by atoms with E-state index in [1.807, 2.05) is 6.07 Å². The van der Waals surface area contributed by atoms with Crippen LogP contribution in [-0.2, 0) is 11.3 Å². The van der Waals surface area contributed by atoms with Crippen molar-refractivity contribution in [2.24, 2.45) is 5.92 Å². The lowest BCUT2D eigenvalue weighted by Gasteiger charge is -2.23. The van der Waals surface area contributed by atoms with Gasteiger partial charge in [0.05, 0.1) is 0 Å². The summed E-state index contributed by atoms with van der Waals surface area (Å²) in [7, 11) is 1.79. The van der Waals surface area contributed by atoms with E-state index < -0.39 is 0 Å². The number of nitrogens with zero attached hydrogens (tertiary/aromatic N) is 1. The third-order valence-electron chi connectivity index (χ3n) is 3.96. The second-order valence-electron chi connectivity index (χ2n) is 5.61. The molecule has 110 valence electrons. The van der Waals surface area contributed by atoms with Crippen LogP contribution in [0.3, 0.4) is 0 Å². The molecule has 0 aromatic heterocycles. The molecule has 1 aromatic carbocycles. The van der Waals surface area contributed by atoms with Crippen molar-refractivity contribution in [1.29, 1.82) is 0 Å². The first-order chi connectivity index (χ1) is 9.65. The Morgan fingerprint density at radius 2 is 2.15 bits per heavy atom. The van der Waals surface area contributed by atoms with Crippen molar-refractivity contribution < 1.29 is 9.18 Å². The quantitative estimate of drug-likeness (QED) is 0.898. The minimum absolute atomic E-state index is 0.146. The van der Waals surface area contributed by atoms with Crippen molar-refractivity contribution in [2.45, 2.75) is 32.2 Å². The molecule has 1 aliphatic heterocycles. The highest BCUT2D eigenvalue weighted by atomic mass is 19.1. The van der Waals surface area contributed by atoms with Gasteiger partial charge in [-0.2, -0.15) is 0 Å². The van der Waals surface area contributed by atoms with Gasteiger partial charge in [0.2, 0.25) is 5.91 Å². The van der Waals surface area contributed by atoms with Crippen LogP contribution in [0.25, 0.3) is 0 Å². The van der Waals surface area contributed by atoms with Gasteiger partial charge in [-0.25, -0.2) is 4.39 Å². The summed E-state index contributed by atoms with van der Waals surface area (Å²) in [6.07, 6.45) is 3.90. The fourth-order valence-corrected chi connectivity index (χ4v) is 2.69. The van der Waals surface area contributed by atoms with Gasteiger partial charge in [0, 0.05) is 20.0 Å². The molecule has 1 saturated heterocycles. The SMILES string of the molecule is CN(Cc1cccc(F)c1)C(=O)CCC1CCNCC1. The Morgan fingerprint density at radius 3 is 2.85 bits per heavy atom. The highest BCUT2D eigenvalue weighted by Gasteiger charge is 2.16. The summed E-state index contributed by atoms with van der Waals surface area (Å²) in [5.74, 6) is 0.564. The first-order valence-corrected chi connectivity index (χ1v) is 7.34. The van der Waals surface area contributed by atoms with Crippen LogP contribution in [0.5, 0.6) is 0 Å². The summed E-state index contributed by atoms with van der Waals surface area (Å²) in [6, 6.07) is 6.43. The average molecular weight is 278 g/mol. The Hall–Kier alpha value is -1.42. The van der Waals surface area contributed by atoms with Gasteiger partial charge in [0.25, 0.3) is 0 Å². The van der Waals surface area contributed by atoms with Crippen LogP contribution in [0.2, 0.25) is 0 Å². The number of hydrogen-bond acceptors (Lipinski definition) is 2. The molecular formula is C16H23FN2O. The van der Waals surface area contributed by atoms with Gasteiger partial charge in [-0.3, -0.25) is 4.79 Å². The summed E-state index contributed by atoms with van der Waals surface area (Å²) < 4.78 is 13.1. The Balaban J connectivity index is 1.76. The first-order valence-electron chi connectivity index (χ1n) is 7.34. The number of amides is 1. The smallest absolute Gasteiger partial charge is 0.222 e. The second kappa shape index (κ2) is 7.39. The van der Waals surface area contributed by atoms with Crippen molar-refractivity contribution in [3.05, 3.63) is 35.6 Å². The lowest BCUT2D eigenvalue weighted by atomic mass is 9.93. The molecule has 1 fully saturated rings. The van der Waals surface area contributed by atoms with E-state index in [1.165, 1.54) is 25.0 Å². The number of piperidine rings is 1. The second-order valence-corrected chi connectivity index (χ2v) is 5.61. The minimum atomic E-state index is -0.252. The van der Waals surface area contributed by atoms with Crippen LogP contribution in [0, 0.1) is 11.7 Å². The zero-order valence-corrected chi connectivity index (χ0v) is 12.1. The zero-order chi connectivity index (χ0) is 14.4. The van der Waals surface area contributed by atoms with E-state index in [2.05, 4.69) is 5.32 Å². The van der Waals surface area contributed by atoms with Crippen LogP contribution >= 0.6 is 0 Å². The van der Waals surface area contributed by atoms with Gasteiger partial charge < -0.3 is 10.2 Å². The number of carbonyl (C=O) groups excluding carboxylic acids is 1. The monoisotopic (exact) mass is 278 g/mol. The normalized spacial score (nSPS) is 16.1. The fourth-order valence-electron chi connectivity index (χ4n) is 2.69. The molecule has 0 aliphatic carbocycles. The van der Waals surface area contributed by atoms with E-state index in [0.717, 1.165) is 25.1 Å². The molecule has 2 rings (SSSR count). The van der Waals surface area contributed by atoms with Gasteiger partial charge in [-0.1, -0.05) is 12.1 Å². The molecule has 1 amide bonds. The van der Waals surface area contributed by atoms with Crippen molar-refractivity contribution in [3.63, 3.8) is 0 Å². The molecule has 0 saturated carbocycles. The lowest BCUT2D eigenvalue weighted by molar-refractivity contribution is -0.130. The number of carbonyl (C=O) groups is 1. The van der Waals surface area contributed by atoms with Gasteiger partial charge in [0.1, 0.15) is 5.82 Å². The summed E-state index contributed by atoms with van der Waals surface area (Å²) in [5.41, 5.74) is 0.836. The molecule has 1 heterocycles. The molecule has 1 aromatic rings. The number of rotatable bonds is 5. The van der Waals surface area contributed by atoms with Crippen LogP contribution in [0.15, 0.2) is 24.3 Å². The number of benzene rings is 1. The summed E-state index contributed by atoms with van der Waals surface area (Å²) in [4.78, 5) is 13.8. The molecule has 4 heteroatoms. The van der Waals surface area contributed by atoms with Crippen molar-refractivity contribution >= 4 is 5.91 Å². The van der Waals surface area contributed by atoms with Gasteiger partial charge >= 0.3 is 0 Å². The predicted molar refractivity (Wildman–Crippen MR) is 77.7 cm³/mol. The Labute approximate surface area is 120 Å². The topological polar surface area (TPSA) is 32.3 Å². The van der Waals surface area contributed by atoms with E-state index in [9.17, 15) is 9.18 Å². The first kappa shape index (κ1) is 15.0. The Kier molecular flexibility index (Phi) is 5.53. The summed E-state index contributed by atoms with van der Waals surface area (Å²) in [6.45, 7) is 2.61. The van der Waals surface area contributed by atoms with E-state index in [-0.39, 0.29) is 11.7 Å².